The molecule has 0 aliphatic heterocycles. The van der Waals surface area contributed by atoms with Crippen LogP contribution in [0.1, 0.15) is 22.5 Å². The van der Waals surface area contributed by atoms with Gasteiger partial charge in [-0.05, 0) is 43.2 Å². The van der Waals surface area contributed by atoms with Crippen LogP contribution in [-0.2, 0) is 12.7 Å². The van der Waals surface area contributed by atoms with E-state index in [0.29, 0.717) is 18.7 Å². The van der Waals surface area contributed by atoms with Crippen LogP contribution in [0.15, 0.2) is 64.9 Å². The number of rotatable bonds is 8. The fourth-order valence-corrected chi connectivity index (χ4v) is 3.44. The first-order valence-electron chi connectivity index (χ1n) is 10.1. The number of fused-ring (bicyclic) bond motifs is 1. The third-order valence-corrected chi connectivity index (χ3v) is 5.07. The van der Waals surface area contributed by atoms with Gasteiger partial charge in [0, 0.05) is 19.6 Å². The lowest BCUT2D eigenvalue weighted by atomic mass is 10.1. The number of aryl methyl sites for hydroxylation is 2. The second-order valence-electron chi connectivity index (χ2n) is 7.67. The standard InChI is InChI=1S/C25H24F3NO4/c1-5-11-29(12-6-2)14-18-19(30)10-9-17-21(31)23(24(25(26,27)28)33-22(17)18)32-20-13-15(3)7-8-16(20)4/h5-10,13,30H,1-2,11-12,14H2,3-4H3. The Morgan fingerprint density at radius 3 is 2.39 bits per heavy atom. The summed E-state index contributed by atoms with van der Waals surface area (Å²) in [6, 6.07) is 7.49. The van der Waals surface area contributed by atoms with Crippen molar-refractivity contribution in [3.8, 4) is 17.2 Å². The van der Waals surface area contributed by atoms with Crippen LogP contribution in [0.2, 0.25) is 0 Å². The van der Waals surface area contributed by atoms with Crippen molar-refractivity contribution >= 4 is 11.0 Å². The molecule has 0 saturated heterocycles. The van der Waals surface area contributed by atoms with Gasteiger partial charge in [-0.2, -0.15) is 13.2 Å². The summed E-state index contributed by atoms with van der Waals surface area (Å²) < 4.78 is 52.6. The fourth-order valence-electron chi connectivity index (χ4n) is 3.44. The minimum atomic E-state index is -5.01. The van der Waals surface area contributed by atoms with E-state index in [9.17, 15) is 23.1 Å². The summed E-state index contributed by atoms with van der Waals surface area (Å²) in [7, 11) is 0. The van der Waals surface area contributed by atoms with Crippen molar-refractivity contribution in [1.29, 1.82) is 0 Å². The van der Waals surface area contributed by atoms with Gasteiger partial charge in [-0.15, -0.1) is 13.2 Å². The van der Waals surface area contributed by atoms with Gasteiger partial charge in [0.2, 0.25) is 11.2 Å². The molecule has 1 aromatic heterocycles. The zero-order valence-corrected chi connectivity index (χ0v) is 18.3. The molecule has 0 radical (unpaired) electrons. The summed E-state index contributed by atoms with van der Waals surface area (Å²) in [5, 5.41) is 10.3. The molecule has 8 heteroatoms. The number of aromatic hydroxyl groups is 1. The highest BCUT2D eigenvalue weighted by molar-refractivity contribution is 5.83. The average Bonchev–Trinajstić information content (AvgIpc) is 2.73. The van der Waals surface area contributed by atoms with Gasteiger partial charge in [-0.3, -0.25) is 9.69 Å². The summed E-state index contributed by atoms with van der Waals surface area (Å²) in [5.74, 6) is -2.68. The van der Waals surface area contributed by atoms with E-state index in [1.165, 1.54) is 12.1 Å². The van der Waals surface area contributed by atoms with Crippen LogP contribution in [0.4, 0.5) is 13.2 Å². The van der Waals surface area contributed by atoms with E-state index < -0.39 is 23.1 Å². The Morgan fingerprint density at radius 1 is 1.12 bits per heavy atom. The Kier molecular flexibility index (Phi) is 6.98. The fraction of sp³-hybridized carbons (Fsp3) is 0.240. The number of phenolic OH excluding ortho intramolecular Hbond substituents is 1. The molecule has 0 unspecified atom stereocenters. The summed E-state index contributed by atoms with van der Waals surface area (Å²) in [6.07, 6.45) is -1.79. The molecule has 0 aliphatic rings. The van der Waals surface area contributed by atoms with E-state index >= 15 is 0 Å². The molecule has 0 saturated carbocycles. The normalized spacial score (nSPS) is 11.7. The van der Waals surface area contributed by atoms with Gasteiger partial charge in [-0.1, -0.05) is 24.3 Å². The van der Waals surface area contributed by atoms with E-state index in [4.69, 9.17) is 9.15 Å². The van der Waals surface area contributed by atoms with Gasteiger partial charge in [-0.25, -0.2) is 0 Å². The molecule has 5 nitrogen and oxygen atoms in total. The number of ether oxygens (including phenoxy) is 1. The van der Waals surface area contributed by atoms with Crippen LogP contribution < -0.4 is 10.2 Å². The van der Waals surface area contributed by atoms with Crippen LogP contribution in [0.3, 0.4) is 0 Å². The van der Waals surface area contributed by atoms with Crippen molar-refractivity contribution in [1.82, 2.24) is 4.90 Å². The summed E-state index contributed by atoms with van der Waals surface area (Å²) in [6.45, 7) is 11.5. The average molecular weight is 459 g/mol. The van der Waals surface area contributed by atoms with Gasteiger partial charge in [0.1, 0.15) is 17.1 Å². The van der Waals surface area contributed by atoms with Crippen LogP contribution in [0, 0.1) is 13.8 Å². The Labute approximate surface area is 189 Å². The Balaban J connectivity index is 2.26. The molecule has 0 fully saturated rings. The van der Waals surface area contributed by atoms with Crippen molar-refractivity contribution in [3.05, 3.63) is 88.3 Å². The lowest BCUT2D eigenvalue weighted by Crippen LogP contribution is -2.24. The van der Waals surface area contributed by atoms with Crippen LogP contribution >= 0.6 is 0 Å². The first-order chi connectivity index (χ1) is 15.6. The topological polar surface area (TPSA) is 62.9 Å². The SMILES string of the molecule is C=CCN(CC=C)Cc1c(O)ccc2c(=O)c(Oc3cc(C)ccc3C)c(C(F)(F)F)oc12. The maximum absolute atomic E-state index is 14.0. The number of phenols is 1. The molecular formula is C25H24F3NO4. The van der Waals surface area contributed by atoms with Gasteiger partial charge < -0.3 is 14.3 Å². The third-order valence-electron chi connectivity index (χ3n) is 5.07. The molecule has 3 aromatic rings. The van der Waals surface area contributed by atoms with Crippen molar-refractivity contribution in [2.24, 2.45) is 0 Å². The number of hydrogen-bond acceptors (Lipinski definition) is 5. The summed E-state index contributed by atoms with van der Waals surface area (Å²) >= 11 is 0. The highest BCUT2D eigenvalue weighted by atomic mass is 19.4. The second kappa shape index (κ2) is 9.54. The van der Waals surface area contributed by atoms with Gasteiger partial charge in [0.25, 0.3) is 5.76 Å². The molecule has 0 bridgehead atoms. The number of halogens is 3. The highest BCUT2D eigenvalue weighted by Gasteiger charge is 2.41. The number of hydrogen-bond donors (Lipinski definition) is 1. The highest BCUT2D eigenvalue weighted by Crippen LogP contribution is 2.40. The van der Waals surface area contributed by atoms with Crippen molar-refractivity contribution < 1.29 is 27.4 Å². The first kappa shape index (κ1) is 24.1. The smallest absolute Gasteiger partial charge is 0.453 e. The molecule has 33 heavy (non-hydrogen) atoms. The Bertz CT molecular complexity index is 1250. The van der Waals surface area contributed by atoms with E-state index in [1.807, 2.05) is 0 Å². The molecule has 0 spiro atoms. The minimum absolute atomic E-state index is 0.0125. The molecule has 2 aromatic carbocycles. The zero-order valence-electron chi connectivity index (χ0n) is 18.3. The Morgan fingerprint density at radius 2 is 1.79 bits per heavy atom. The van der Waals surface area contributed by atoms with Gasteiger partial charge in [0.15, 0.2) is 0 Å². The van der Waals surface area contributed by atoms with E-state index in [1.54, 1.807) is 49.1 Å². The molecule has 0 atom stereocenters. The number of benzene rings is 2. The van der Waals surface area contributed by atoms with Crippen molar-refractivity contribution in [3.63, 3.8) is 0 Å². The molecular weight excluding hydrogens is 435 g/mol. The summed E-state index contributed by atoms with van der Waals surface area (Å²) in [4.78, 5) is 15.0. The largest absolute Gasteiger partial charge is 0.507 e. The number of alkyl halides is 3. The van der Waals surface area contributed by atoms with Crippen LogP contribution in [-0.4, -0.2) is 23.1 Å². The monoisotopic (exact) mass is 459 g/mol. The lowest BCUT2D eigenvalue weighted by Gasteiger charge is -2.21. The second-order valence-corrected chi connectivity index (χ2v) is 7.67. The van der Waals surface area contributed by atoms with E-state index in [0.717, 1.165) is 5.56 Å². The summed E-state index contributed by atoms with van der Waals surface area (Å²) in [5.41, 5.74) is 0.0377. The minimum Gasteiger partial charge on any atom is -0.507 e. The molecule has 1 heterocycles. The first-order valence-corrected chi connectivity index (χ1v) is 10.1. The molecule has 3 rings (SSSR count). The number of nitrogens with zero attached hydrogens (tertiary/aromatic N) is 1. The van der Waals surface area contributed by atoms with Crippen molar-refractivity contribution in [2.45, 2.75) is 26.6 Å². The van der Waals surface area contributed by atoms with Crippen molar-refractivity contribution in [2.75, 3.05) is 13.1 Å². The van der Waals surface area contributed by atoms with Gasteiger partial charge in [0.05, 0.1) is 10.9 Å². The molecule has 0 amide bonds. The maximum Gasteiger partial charge on any atom is 0.453 e. The zero-order chi connectivity index (χ0) is 24.3. The Hall–Kier alpha value is -3.52. The van der Waals surface area contributed by atoms with Crippen LogP contribution in [0.25, 0.3) is 11.0 Å². The van der Waals surface area contributed by atoms with E-state index in [2.05, 4.69) is 13.2 Å². The third kappa shape index (κ3) is 5.12. The predicted molar refractivity (Wildman–Crippen MR) is 121 cm³/mol. The van der Waals surface area contributed by atoms with Gasteiger partial charge >= 0.3 is 6.18 Å². The quantitative estimate of drug-likeness (QED) is 0.413. The van der Waals surface area contributed by atoms with Crippen LogP contribution in [0.5, 0.6) is 17.2 Å². The van der Waals surface area contributed by atoms with E-state index in [-0.39, 0.29) is 34.6 Å². The lowest BCUT2D eigenvalue weighted by molar-refractivity contribution is -0.154. The maximum atomic E-state index is 14.0. The predicted octanol–water partition coefficient (Wildman–Crippen LogP) is 6.10. The molecule has 174 valence electrons. The molecule has 1 N–H and O–H groups in total. The molecule has 0 aliphatic carbocycles.